The Morgan fingerprint density at radius 2 is 2.23 bits per heavy atom. The monoisotopic (exact) mass is 419 g/mol. The van der Waals surface area contributed by atoms with Crippen molar-refractivity contribution in [3.05, 3.63) is 33.8 Å². The third-order valence-electron chi connectivity index (χ3n) is 6.71. The Bertz CT molecular complexity index is 838. The molecule has 0 saturated carbocycles. The number of likely N-dealkylation sites (tertiary alicyclic amines) is 1. The first-order valence-corrected chi connectivity index (χ1v) is 9.89. The second-order valence-electron chi connectivity index (χ2n) is 7.81. The van der Waals surface area contributed by atoms with Gasteiger partial charge in [0.15, 0.2) is 17.6 Å². The topological polar surface area (TPSA) is 48.0 Å². The number of carbonyl (C=O) groups is 1. The number of ether oxygens (including phenoxy) is 3. The van der Waals surface area contributed by atoms with Gasteiger partial charge < -0.3 is 19.1 Å². The number of rotatable bonds is 2. The van der Waals surface area contributed by atoms with Gasteiger partial charge in [-0.15, -0.1) is 0 Å². The van der Waals surface area contributed by atoms with Crippen molar-refractivity contribution < 1.29 is 19.0 Å². The van der Waals surface area contributed by atoms with Crippen LogP contribution in [-0.4, -0.2) is 49.8 Å². The van der Waals surface area contributed by atoms with Crippen LogP contribution in [-0.2, 0) is 21.4 Å². The van der Waals surface area contributed by atoms with E-state index in [9.17, 15) is 4.79 Å². The van der Waals surface area contributed by atoms with Gasteiger partial charge in [-0.05, 0) is 44.1 Å². The van der Waals surface area contributed by atoms with Crippen molar-refractivity contribution in [2.45, 2.75) is 43.4 Å². The minimum Gasteiger partial charge on any atom is -0.493 e. The predicted molar refractivity (Wildman–Crippen MR) is 99.7 cm³/mol. The first-order valence-electron chi connectivity index (χ1n) is 9.09. The molecular weight excluding hydrogens is 398 g/mol. The van der Waals surface area contributed by atoms with Crippen LogP contribution in [0.3, 0.4) is 0 Å². The number of likely N-dealkylation sites (N-methyl/N-ethyl adjacent to an activating group) is 1. The van der Waals surface area contributed by atoms with Crippen LogP contribution in [0.25, 0.3) is 0 Å². The summed E-state index contributed by atoms with van der Waals surface area (Å²) in [6, 6.07) is 2.43. The molecule has 6 heteroatoms. The van der Waals surface area contributed by atoms with Gasteiger partial charge in [-0.1, -0.05) is 22.0 Å². The molecule has 2 aliphatic heterocycles. The van der Waals surface area contributed by atoms with Crippen LogP contribution in [0.2, 0.25) is 0 Å². The van der Waals surface area contributed by atoms with E-state index in [0.717, 1.165) is 35.4 Å². The number of nitrogens with zero attached hydrogens (tertiary/aromatic N) is 1. The number of carbonyl (C=O) groups excluding carboxylic acids is 1. The van der Waals surface area contributed by atoms with Gasteiger partial charge in [0.1, 0.15) is 6.10 Å². The molecule has 0 aromatic heterocycles. The fourth-order valence-electron chi connectivity index (χ4n) is 5.69. The van der Waals surface area contributed by atoms with Crippen molar-refractivity contribution in [2.75, 3.05) is 20.7 Å². The summed E-state index contributed by atoms with van der Waals surface area (Å²) in [5.74, 6) is 1.66. The minimum atomic E-state index is -0.366. The van der Waals surface area contributed by atoms with Crippen LogP contribution >= 0.6 is 15.9 Å². The molecule has 0 N–H and O–H groups in total. The Balaban J connectivity index is 1.77. The van der Waals surface area contributed by atoms with Gasteiger partial charge in [0, 0.05) is 34.3 Å². The molecule has 26 heavy (non-hydrogen) atoms. The zero-order valence-electron chi connectivity index (χ0n) is 15.1. The second-order valence-corrected chi connectivity index (χ2v) is 8.66. The van der Waals surface area contributed by atoms with Crippen molar-refractivity contribution in [1.82, 2.24) is 4.90 Å². The summed E-state index contributed by atoms with van der Waals surface area (Å²) in [4.78, 5) is 14.1. The molecule has 1 aromatic rings. The first kappa shape index (κ1) is 16.6. The lowest BCUT2D eigenvalue weighted by Crippen LogP contribution is -2.65. The summed E-state index contributed by atoms with van der Waals surface area (Å²) >= 11 is 3.77. The predicted octanol–water partition coefficient (Wildman–Crippen LogP) is 2.83. The second kappa shape index (κ2) is 5.49. The molecule has 1 fully saturated rings. The molecule has 5 nitrogen and oxygen atoms in total. The molecule has 1 saturated heterocycles. The highest BCUT2D eigenvalue weighted by molar-refractivity contribution is 9.10. The molecule has 1 aromatic carbocycles. The molecule has 2 aliphatic carbocycles. The Hall–Kier alpha value is -1.53. The van der Waals surface area contributed by atoms with E-state index in [1.165, 1.54) is 18.1 Å². The third-order valence-corrected chi connectivity index (χ3v) is 7.42. The van der Waals surface area contributed by atoms with Crippen LogP contribution < -0.4 is 9.47 Å². The van der Waals surface area contributed by atoms with E-state index < -0.39 is 0 Å². The number of hydrogen-bond donors (Lipinski definition) is 0. The maximum absolute atomic E-state index is 11.7. The van der Waals surface area contributed by atoms with E-state index >= 15 is 0 Å². The molecule has 1 spiro atoms. The van der Waals surface area contributed by atoms with Crippen molar-refractivity contribution in [3.63, 3.8) is 0 Å². The lowest BCUT2D eigenvalue weighted by atomic mass is 9.53. The highest BCUT2D eigenvalue weighted by Crippen LogP contribution is 2.63. The number of halogens is 1. The smallest absolute Gasteiger partial charge is 0.303 e. The molecule has 5 rings (SSSR count). The SMILES string of the molecule is COc1cc(Br)c2c3c1O[C@H]1[C@@H](OC(C)=O)C=C[C@H]4[C@@H](C2)N(C)CC[C@@]341. The summed E-state index contributed by atoms with van der Waals surface area (Å²) in [5.41, 5.74) is 2.42. The molecule has 4 aliphatic rings. The van der Waals surface area contributed by atoms with Gasteiger partial charge in [0.25, 0.3) is 0 Å². The fourth-order valence-corrected chi connectivity index (χ4v) is 6.26. The van der Waals surface area contributed by atoms with Crippen molar-refractivity contribution >= 4 is 21.9 Å². The number of methoxy groups -OCH3 is 1. The van der Waals surface area contributed by atoms with E-state index in [1.54, 1.807) is 7.11 Å². The van der Waals surface area contributed by atoms with Crippen LogP contribution in [0.5, 0.6) is 11.5 Å². The van der Waals surface area contributed by atoms with Crippen molar-refractivity contribution in [2.24, 2.45) is 5.92 Å². The van der Waals surface area contributed by atoms with E-state index in [0.29, 0.717) is 12.0 Å². The van der Waals surface area contributed by atoms with E-state index in [-0.39, 0.29) is 23.6 Å². The van der Waals surface area contributed by atoms with Crippen LogP contribution in [0.1, 0.15) is 24.5 Å². The average molecular weight is 420 g/mol. The van der Waals surface area contributed by atoms with Crippen molar-refractivity contribution in [3.8, 4) is 11.5 Å². The Kier molecular flexibility index (Phi) is 3.51. The average Bonchev–Trinajstić information content (AvgIpc) is 2.95. The molecule has 2 bridgehead atoms. The van der Waals surface area contributed by atoms with Gasteiger partial charge in [-0.2, -0.15) is 0 Å². The molecule has 138 valence electrons. The summed E-state index contributed by atoms with van der Waals surface area (Å²) in [7, 11) is 3.88. The van der Waals surface area contributed by atoms with Crippen LogP contribution in [0.15, 0.2) is 22.7 Å². The van der Waals surface area contributed by atoms with Gasteiger partial charge >= 0.3 is 5.97 Å². The van der Waals surface area contributed by atoms with Gasteiger partial charge in [0.2, 0.25) is 0 Å². The summed E-state index contributed by atoms with van der Waals surface area (Å²) in [5, 5.41) is 0. The van der Waals surface area contributed by atoms with Gasteiger partial charge in [-0.3, -0.25) is 4.79 Å². The van der Waals surface area contributed by atoms with E-state index in [4.69, 9.17) is 14.2 Å². The van der Waals surface area contributed by atoms with Gasteiger partial charge in [-0.25, -0.2) is 0 Å². The first-order chi connectivity index (χ1) is 12.5. The highest BCUT2D eigenvalue weighted by atomic mass is 79.9. The van der Waals surface area contributed by atoms with E-state index in [2.05, 4.69) is 34.0 Å². The third kappa shape index (κ3) is 1.92. The molecular formula is C20H22BrNO4. The van der Waals surface area contributed by atoms with Crippen molar-refractivity contribution in [1.29, 1.82) is 0 Å². The summed E-state index contributed by atoms with van der Waals surface area (Å²) in [6.07, 6.45) is 5.69. The standard InChI is InChI=1S/C20H22BrNO4/c1-10(23)25-15-5-4-12-14-8-11-13(21)9-16(24-3)18-17(11)20(12,19(15)26-18)6-7-22(14)2/h4-5,9,12,14-15,19H,6-8H2,1-3H3/t12-,14+,15-,19-,20-/m0/s1. The van der Waals surface area contributed by atoms with E-state index in [1.807, 2.05) is 12.1 Å². The lowest BCUT2D eigenvalue weighted by Gasteiger charge is -2.56. The molecule has 2 heterocycles. The molecule has 0 amide bonds. The van der Waals surface area contributed by atoms with Crippen LogP contribution in [0, 0.1) is 5.92 Å². The normalized spacial score (nSPS) is 36.3. The van der Waals surface area contributed by atoms with Crippen LogP contribution in [0.4, 0.5) is 0 Å². The quantitative estimate of drug-likeness (QED) is 0.544. The largest absolute Gasteiger partial charge is 0.493 e. The number of hydrogen-bond acceptors (Lipinski definition) is 5. The molecule has 5 atom stereocenters. The number of esters is 1. The van der Waals surface area contributed by atoms with Gasteiger partial charge in [0.05, 0.1) is 7.11 Å². The Labute approximate surface area is 161 Å². The molecule has 0 radical (unpaired) electrons. The number of piperidine rings is 1. The minimum absolute atomic E-state index is 0.161. The maximum Gasteiger partial charge on any atom is 0.303 e. The zero-order valence-corrected chi connectivity index (χ0v) is 16.7. The fraction of sp³-hybridized carbons (Fsp3) is 0.550. The molecule has 0 unspecified atom stereocenters. The highest BCUT2D eigenvalue weighted by Gasteiger charge is 2.65. The Morgan fingerprint density at radius 3 is 2.96 bits per heavy atom. The Morgan fingerprint density at radius 1 is 1.42 bits per heavy atom. The summed E-state index contributed by atoms with van der Waals surface area (Å²) in [6.45, 7) is 2.47. The number of benzene rings is 1. The summed E-state index contributed by atoms with van der Waals surface area (Å²) < 4.78 is 18.9. The maximum atomic E-state index is 11.7. The lowest BCUT2D eigenvalue weighted by molar-refractivity contribution is -0.152. The zero-order chi connectivity index (χ0) is 18.2.